The van der Waals surface area contributed by atoms with Crippen molar-refractivity contribution in [2.45, 2.75) is 24.6 Å². The van der Waals surface area contributed by atoms with E-state index in [2.05, 4.69) is 131 Å². The molecule has 0 bridgehead atoms. The van der Waals surface area contributed by atoms with Crippen LogP contribution in [-0.2, 0) is 4.74 Å². The molecule has 51 heavy (non-hydrogen) atoms. The molecule has 0 amide bonds. The lowest BCUT2D eigenvalue weighted by Gasteiger charge is -2.50. The fourth-order valence-electron chi connectivity index (χ4n) is 7.92. The Balaban J connectivity index is 0.941. The number of anilines is 2. The van der Waals surface area contributed by atoms with E-state index in [-0.39, 0.29) is 12.1 Å². The lowest BCUT2D eigenvalue weighted by Crippen LogP contribution is -2.50. The van der Waals surface area contributed by atoms with Gasteiger partial charge in [0.1, 0.15) is 23.5 Å². The standard InChI is InChI=1S/C46H35N3O2/c1-3-10-43-34(7-1)29-45(50-43)35-20-25-39-36(27-35)28-42(39)49(38-23-18-33(19-24-38)46-48-41-9-2-4-11-44(41)51-46)37-21-16-31(17-22-37)30-12-14-32(15-13-30)40-8-5-6-26-47-40/h1-27,29,36,39,41-42,44H,28H2/t36-,39?,41?,42?,44?/m0/s1. The fraction of sp³-hybridized carbons (Fsp3) is 0.130. The molecule has 0 saturated heterocycles. The molecule has 4 aromatic carbocycles. The SMILES string of the molecule is C1=CC2N=C(c3ccc(N(c4ccc(-c5ccc(-c6ccccn6)cc5)cc4)C4C[C@@H]5C=C(c6cc7ccccc7o6)C=CC45)cc3)OC2C=C1. The van der Waals surface area contributed by atoms with Crippen molar-refractivity contribution in [3.63, 3.8) is 0 Å². The molecule has 1 saturated carbocycles. The van der Waals surface area contributed by atoms with Gasteiger partial charge in [0.05, 0.1) is 5.69 Å². The summed E-state index contributed by atoms with van der Waals surface area (Å²) in [5, 5.41) is 1.14. The average Bonchev–Trinajstić information content (AvgIpc) is 3.83. The first kappa shape index (κ1) is 29.7. The summed E-state index contributed by atoms with van der Waals surface area (Å²) < 4.78 is 12.4. The van der Waals surface area contributed by atoms with Crippen LogP contribution in [0.3, 0.4) is 0 Å². The first-order valence-corrected chi connectivity index (χ1v) is 17.7. The second-order valence-electron chi connectivity index (χ2n) is 13.7. The molecule has 0 radical (unpaired) electrons. The molecule has 0 N–H and O–H groups in total. The van der Waals surface area contributed by atoms with Gasteiger partial charge in [-0.15, -0.1) is 0 Å². The monoisotopic (exact) mass is 661 g/mol. The van der Waals surface area contributed by atoms with Gasteiger partial charge in [-0.1, -0.05) is 97.1 Å². The molecule has 6 aromatic rings. The molecule has 4 aliphatic rings. The number of aromatic nitrogens is 1. The Morgan fingerprint density at radius 1 is 0.667 bits per heavy atom. The molecule has 1 fully saturated rings. The van der Waals surface area contributed by atoms with Crippen molar-refractivity contribution >= 4 is 33.8 Å². The largest absolute Gasteiger partial charge is 0.467 e. The zero-order valence-electron chi connectivity index (χ0n) is 27.9. The molecule has 5 nitrogen and oxygen atoms in total. The number of benzene rings is 4. The van der Waals surface area contributed by atoms with Gasteiger partial charge in [0.2, 0.25) is 5.90 Å². The molecule has 3 aliphatic carbocycles. The Kier molecular flexibility index (Phi) is 7.16. The second kappa shape index (κ2) is 12.3. The predicted octanol–water partition coefficient (Wildman–Crippen LogP) is 10.6. The van der Waals surface area contributed by atoms with Crippen molar-refractivity contribution in [2.75, 3.05) is 4.90 Å². The van der Waals surface area contributed by atoms with Gasteiger partial charge in [0.15, 0.2) is 0 Å². The molecular formula is C46H35N3O2. The molecule has 5 heteroatoms. The van der Waals surface area contributed by atoms with Crippen molar-refractivity contribution in [3.8, 4) is 22.4 Å². The summed E-state index contributed by atoms with van der Waals surface area (Å²) in [5.74, 6) is 2.49. The summed E-state index contributed by atoms with van der Waals surface area (Å²) in [5.41, 5.74) is 9.90. The summed E-state index contributed by atoms with van der Waals surface area (Å²) in [6.45, 7) is 0. The van der Waals surface area contributed by atoms with E-state index in [1.807, 2.05) is 48.7 Å². The summed E-state index contributed by atoms with van der Waals surface area (Å²) in [7, 11) is 0. The molecule has 4 unspecified atom stereocenters. The quantitative estimate of drug-likeness (QED) is 0.171. The minimum atomic E-state index is -0.0200. The van der Waals surface area contributed by atoms with Gasteiger partial charge in [-0.25, -0.2) is 4.99 Å². The maximum absolute atomic E-state index is 6.23. The number of para-hydroxylation sites is 1. The molecule has 2 aromatic heterocycles. The highest BCUT2D eigenvalue weighted by Gasteiger charge is 2.44. The highest BCUT2D eigenvalue weighted by Crippen LogP contribution is 2.49. The zero-order valence-corrected chi connectivity index (χ0v) is 27.9. The summed E-state index contributed by atoms with van der Waals surface area (Å²) in [6.07, 6.45) is 18.2. The molecule has 5 atom stereocenters. The Bertz CT molecular complexity index is 2350. The van der Waals surface area contributed by atoms with Crippen LogP contribution in [0, 0.1) is 11.8 Å². The summed E-state index contributed by atoms with van der Waals surface area (Å²) in [4.78, 5) is 11.9. The number of furan rings is 1. The van der Waals surface area contributed by atoms with Crippen molar-refractivity contribution < 1.29 is 9.15 Å². The lowest BCUT2D eigenvalue weighted by atomic mass is 9.65. The number of hydrogen-bond acceptors (Lipinski definition) is 5. The first-order valence-electron chi connectivity index (χ1n) is 17.7. The van der Waals surface area contributed by atoms with E-state index in [4.69, 9.17) is 14.1 Å². The van der Waals surface area contributed by atoms with Crippen LogP contribution in [0.5, 0.6) is 0 Å². The van der Waals surface area contributed by atoms with E-state index in [0.717, 1.165) is 45.7 Å². The Hall–Kier alpha value is -6.20. The van der Waals surface area contributed by atoms with E-state index in [9.17, 15) is 0 Å². The van der Waals surface area contributed by atoms with Gasteiger partial charge in [0, 0.05) is 51.6 Å². The third-order valence-electron chi connectivity index (χ3n) is 10.7. The number of nitrogens with zero attached hydrogens (tertiary/aromatic N) is 3. The number of hydrogen-bond donors (Lipinski definition) is 0. The average molecular weight is 662 g/mol. The minimum Gasteiger partial charge on any atom is -0.467 e. The van der Waals surface area contributed by atoms with Crippen molar-refractivity contribution in [3.05, 3.63) is 181 Å². The van der Waals surface area contributed by atoms with Crippen LogP contribution in [0.15, 0.2) is 179 Å². The molecule has 3 heterocycles. The van der Waals surface area contributed by atoms with Crippen molar-refractivity contribution in [1.29, 1.82) is 0 Å². The van der Waals surface area contributed by atoms with E-state index in [1.165, 1.54) is 22.4 Å². The topological polar surface area (TPSA) is 50.9 Å². The number of ether oxygens (including phenoxy) is 1. The van der Waals surface area contributed by atoms with E-state index < -0.39 is 0 Å². The van der Waals surface area contributed by atoms with E-state index in [0.29, 0.717) is 23.8 Å². The van der Waals surface area contributed by atoms with Gasteiger partial charge in [-0.05, 0) is 90.2 Å². The highest BCUT2D eigenvalue weighted by atomic mass is 16.5. The molecule has 10 rings (SSSR count). The maximum atomic E-state index is 6.23. The number of pyridine rings is 1. The zero-order chi connectivity index (χ0) is 33.7. The van der Waals surface area contributed by atoms with E-state index >= 15 is 0 Å². The summed E-state index contributed by atoms with van der Waals surface area (Å²) >= 11 is 0. The van der Waals surface area contributed by atoms with Crippen LogP contribution in [-0.4, -0.2) is 29.1 Å². The van der Waals surface area contributed by atoms with E-state index in [1.54, 1.807) is 0 Å². The van der Waals surface area contributed by atoms with Crippen LogP contribution in [0.25, 0.3) is 38.9 Å². The smallest absolute Gasteiger partial charge is 0.217 e. The van der Waals surface area contributed by atoms with Gasteiger partial charge < -0.3 is 14.1 Å². The van der Waals surface area contributed by atoms with Crippen molar-refractivity contribution in [1.82, 2.24) is 4.98 Å². The molecule has 0 spiro atoms. The van der Waals surface area contributed by atoms with Gasteiger partial charge in [0.25, 0.3) is 0 Å². The number of rotatable bonds is 7. The fourth-order valence-corrected chi connectivity index (χ4v) is 7.92. The third kappa shape index (κ3) is 5.42. The Labute approximate surface area is 297 Å². The van der Waals surface area contributed by atoms with Crippen LogP contribution < -0.4 is 4.90 Å². The first-order chi connectivity index (χ1) is 25.2. The Morgan fingerprint density at radius 2 is 1.37 bits per heavy atom. The van der Waals surface area contributed by atoms with Crippen LogP contribution in [0.1, 0.15) is 17.7 Å². The van der Waals surface area contributed by atoms with Crippen LogP contribution in [0.4, 0.5) is 11.4 Å². The second-order valence-corrected chi connectivity index (χ2v) is 13.7. The van der Waals surface area contributed by atoms with Gasteiger partial charge >= 0.3 is 0 Å². The minimum absolute atomic E-state index is 0.0200. The normalized spacial score (nSPS) is 22.8. The third-order valence-corrected chi connectivity index (χ3v) is 10.7. The van der Waals surface area contributed by atoms with Crippen molar-refractivity contribution in [2.24, 2.45) is 16.8 Å². The Morgan fingerprint density at radius 3 is 2.10 bits per heavy atom. The maximum Gasteiger partial charge on any atom is 0.217 e. The molecule has 246 valence electrons. The lowest BCUT2D eigenvalue weighted by molar-refractivity contribution is 0.228. The summed E-state index contributed by atoms with van der Waals surface area (Å²) in [6, 6.07) is 43.1. The predicted molar refractivity (Wildman–Crippen MR) is 206 cm³/mol. The van der Waals surface area contributed by atoms with Gasteiger partial charge in [-0.3, -0.25) is 4.98 Å². The van der Waals surface area contributed by atoms with Gasteiger partial charge in [-0.2, -0.15) is 0 Å². The highest BCUT2D eigenvalue weighted by molar-refractivity contribution is 5.96. The van der Waals surface area contributed by atoms with Crippen LogP contribution >= 0.6 is 0 Å². The number of allylic oxidation sites excluding steroid dienone is 5. The van der Waals surface area contributed by atoms with Crippen LogP contribution in [0.2, 0.25) is 0 Å². The molecule has 1 aliphatic heterocycles. The number of aliphatic imine (C=N–C) groups is 1. The number of fused-ring (bicyclic) bond motifs is 3. The molecular weight excluding hydrogens is 627 g/mol.